The van der Waals surface area contributed by atoms with Gasteiger partial charge in [-0.15, -0.1) is 0 Å². The lowest BCUT2D eigenvalue weighted by atomic mass is 10.1. The molecule has 0 saturated heterocycles. The summed E-state index contributed by atoms with van der Waals surface area (Å²) in [6.07, 6.45) is 7.75. The largest absolute Gasteiger partial charge is 0.351 e. The van der Waals surface area contributed by atoms with Gasteiger partial charge in [-0.1, -0.05) is 31.7 Å². The molecule has 1 fully saturated rings. The van der Waals surface area contributed by atoms with Crippen molar-refractivity contribution in [1.29, 1.82) is 0 Å². The van der Waals surface area contributed by atoms with Crippen LogP contribution in [0.15, 0.2) is 24.3 Å². The third-order valence-electron chi connectivity index (χ3n) is 3.79. The summed E-state index contributed by atoms with van der Waals surface area (Å²) in [7, 11) is 0. The molecular formula is C16H23FN2O. The van der Waals surface area contributed by atoms with Crippen molar-refractivity contribution in [2.75, 3.05) is 13.1 Å². The molecule has 0 heterocycles. The molecule has 3 nitrogen and oxygen atoms in total. The Labute approximate surface area is 120 Å². The molecule has 110 valence electrons. The van der Waals surface area contributed by atoms with Gasteiger partial charge in [-0.2, -0.15) is 0 Å². The Bertz CT molecular complexity index is 428. The molecule has 1 aromatic rings. The average Bonchev–Trinajstić information content (AvgIpc) is 2.72. The van der Waals surface area contributed by atoms with Crippen LogP contribution in [0.2, 0.25) is 0 Å². The maximum absolute atomic E-state index is 13.0. The predicted molar refractivity (Wildman–Crippen MR) is 78.2 cm³/mol. The molecule has 2 N–H and O–H groups in total. The fourth-order valence-corrected chi connectivity index (χ4v) is 2.67. The second kappa shape index (κ2) is 8.00. The normalized spacial score (nSPS) is 16.6. The topological polar surface area (TPSA) is 41.1 Å². The molecule has 4 heteroatoms. The Morgan fingerprint density at radius 3 is 2.60 bits per heavy atom. The van der Waals surface area contributed by atoms with Crippen LogP contribution in [0.4, 0.5) is 4.39 Å². The molecule has 1 aromatic carbocycles. The summed E-state index contributed by atoms with van der Waals surface area (Å²) in [5, 5.41) is 6.30. The van der Waals surface area contributed by atoms with Gasteiger partial charge in [-0.25, -0.2) is 4.39 Å². The van der Waals surface area contributed by atoms with Gasteiger partial charge >= 0.3 is 0 Å². The number of amides is 1. The van der Waals surface area contributed by atoms with Gasteiger partial charge in [0, 0.05) is 24.7 Å². The molecule has 0 aliphatic heterocycles. The van der Waals surface area contributed by atoms with Gasteiger partial charge in [0.1, 0.15) is 5.82 Å². The van der Waals surface area contributed by atoms with Gasteiger partial charge in [0.15, 0.2) is 0 Å². The number of rotatable bonds is 5. The third-order valence-corrected chi connectivity index (χ3v) is 3.79. The van der Waals surface area contributed by atoms with Crippen molar-refractivity contribution in [3.63, 3.8) is 0 Å². The van der Waals surface area contributed by atoms with Gasteiger partial charge < -0.3 is 10.6 Å². The highest BCUT2D eigenvalue weighted by atomic mass is 19.1. The molecular weight excluding hydrogens is 255 g/mol. The fraction of sp³-hybridized carbons (Fsp3) is 0.562. The summed E-state index contributed by atoms with van der Waals surface area (Å²) in [5.74, 6) is -0.596. The second-order valence-corrected chi connectivity index (χ2v) is 5.41. The van der Waals surface area contributed by atoms with E-state index in [2.05, 4.69) is 10.6 Å². The standard InChI is InChI=1S/C16H23FN2O/c17-14-7-5-6-13(12-14)16(20)19-11-10-18-15-8-3-1-2-4-9-15/h5-7,12,15,18H,1-4,8-11H2,(H,19,20). The number of hydrogen-bond donors (Lipinski definition) is 2. The van der Waals surface area contributed by atoms with Gasteiger partial charge in [-0.3, -0.25) is 4.79 Å². The lowest BCUT2D eigenvalue weighted by molar-refractivity contribution is 0.0953. The molecule has 2 rings (SSSR count). The molecule has 1 aliphatic carbocycles. The summed E-state index contributed by atoms with van der Waals surface area (Å²) >= 11 is 0. The van der Waals surface area contributed by atoms with E-state index in [0.29, 0.717) is 18.2 Å². The van der Waals surface area contributed by atoms with Crippen LogP contribution in [0.1, 0.15) is 48.9 Å². The van der Waals surface area contributed by atoms with E-state index in [4.69, 9.17) is 0 Å². The van der Waals surface area contributed by atoms with E-state index in [1.807, 2.05) is 0 Å². The zero-order chi connectivity index (χ0) is 14.2. The van der Waals surface area contributed by atoms with Crippen LogP contribution in [-0.2, 0) is 0 Å². The first-order chi connectivity index (χ1) is 9.75. The first-order valence-electron chi connectivity index (χ1n) is 7.53. The fourth-order valence-electron chi connectivity index (χ4n) is 2.67. The number of carbonyl (C=O) groups excluding carboxylic acids is 1. The lowest BCUT2D eigenvalue weighted by Gasteiger charge is -2.16. The highest BCUT2D eigenvalue weighted by Gasteiger charge is 2.11. The van der Waals surface area contributed by atoms with Gasteiger partial charge in [0.25, 0.3) is 5.91 Å². The quantitative estimate of drug-likeness (QED) is 0.642. The molecule has 0 unspecified atom stereocenters. The maximum Gasteiger partial charge on any atom is 0.251 e. The van der Waals surface area contributed by atoms with E-state index in [0.717, 1.165) is 6.54 Å². The Kier molecular flexibility index (Phi) is 5.99. The van der Waals surface area contributed by atoms with Crippen LogP contribution in [0.5, 0.6) is 0 Å². The summed E-state index contributed by atoms with van der Waals surface area (Å²) < 4.78 is 13.0. The number of hydrogen-bond acceptors (Lipinski definition) is 2. The maximum atomic E-state index is 13.0. The second-order valence-electron chi connectivity index (χ2n) is 5.41. The monoisotopic (exact) mass is 278 g/mol. The highest BCUT2D eigenvalue weighted by molar-refractivity contribution is 5.94. The number of carbonyl (C=O) groups is 1. The van der Waals surface area contributed by atoms with Gasteiger partial charge in [0.2, 0.25) is 0 Å². The Hall–Kier alpha value is -1.42. The van der Waals surface area contributed by atoms with Gasteiger partial charge in [0.05, 0.1) is 0 Å². The third kappa shape index (κ3) is 4.93. The Morgan fingerprint density at radius 2 is 1.90 bits per heavy atom. The molecule has 0 bridgehead atoms. The Morgan fingerprint density at radius 1 is 1.15 bits per heavy atom. The molecule has 1 amide bonds. The minimum atomic E-state index is -0.380. The van der Waals surface area contributed by atoms with Crippen molar-refractivity contribution in [2.45, 2.75) is 44.6 Å². The van der Waals surface area contributed by atoms with Crippen LogP contribution >= 0.6 is 0 Å². The molecule has 1 aliphatic rings. The van der Waals surface area contributed by atoms with Crippen LogP contribution in [0.3, 0.4) is 0 Å². The van der Waals surface area contributed by atoms with E-state index in [9.17, 15) is 9.18 Å². The smallest absolute Gasteiger partial charge is 0.251 e. The minimum Gasteiger partial charge on any atom is -0.351 e. The molecule has 20 heavy (non-hydrogen) atoms. The van der Waals surface area contributed by atoms with Crippen LogP contribution in [-0.4, -0.2) is 25.0 Å². The zero-order valence-electron chi connectivity index (χ0n) is 11.8. The molecule has 0 aromatic heterocycles. The van der Waals surface area contributed by atoms with E-state index in [-0.39, 0.29) is 11.7 Å². The Balaban J connectivity index is 1.66. The summed E-state index contributed by atoms with van der Waals surface area (Å²) in [6.45, 7) is 1.34. The minimum absolute atomic E-state index is 0.216. The predicted octanol–water partition coefficient (Wildman–Crippen LogP) is 2.87. The lowest BCUT2D eigenvalue weighted by Crippen LogP contribution is -2.36. The number of halogens is 1. The summed E-state index contributed by atoms with van der Waals surface area (Å²) in [4.78, 5) is 11.8. The van der Waals surface area contributed by atoms with Crippen molar-refractivity contribution >= 4 is 5.91 Å². The first-order valence-corrected chi connectivity index (χ1v) is 7.53. The van der Waals surface area contributed by atoms with Crippen molar-refractivity contribution in [3.8, 4) is 0 Å². The molecule has 0 atom stereocenters. The van der Waals surface area contributed by atoms with Crippen molar-refractivity contribution in [3.05, 3.63) is 35.6 Å². The van der Waals surface area contributed by atoms with E-state index < -0.39 is 0 Å². The van der Waals surface area contributed by atoms with E-state index in [1.54, 1.807) is 12.1 Å². The van der Waals surface area contributed by atoms with Crippen molar-refractivity contribution < 1.29 is 9.18 Å². The highest BCUT2D eigenvalue weighted by Crippen LogP contribution is 2.16. The SMILES string of the molecule is O=C(NCCNC1CCCCCC1)c1cccc(F)c1. The zero-order valence-corrected chi connectivity index (χ0v) is 11.8. The van der Waals surface area contributed by atoms with E-state index >= 15 is 0 Å². The molecule has 1 saturated carbocycles. The first kappa shape index (κ1) is 15.0. The van der Waals surface area contributed by atoms with Crippen molar-refractivity contribution in [1.82, 2.24) is 10.6 Å². The van der Waals surface area contributed by atoms with Gasteiger partial charge in [-0.05, 0) is 31.0 Å². The summed E-state index contributed by atoms with van der Waals surface area (Å²) in [5.41, 5.74) is 0.375. The van der Waals surface area contributed by atoms with Crippen LogP contribution < -0.4 is 10.6 Å². The summed E-state index contributed by atoms with van der Waals surface area (Å²) in [6, 6.07) is 6.35. The molecule has 0 spiro atoms. The molecule has 0 radical (unpaired) electrons. The number of benzene rings is 1. The van der Waals surface area contributed by atoms with E-state index in [1.165, 1.54) is 50.7 Å². The van der Waals surface area contributed by atoms with Crippen LogP contribution in [0.25, 0.3) is 0 Å². The van der Waals surface area contributed by atoms with Crippen molar-refractivity contribution in [2.24, 2.45) is 0 Å². The van der Waals surface area contributed by atoms with Crippen LogP contribution in [0, 0.1) is 5.82 Å². The number of nitrogens with one attached hydrogen (secondary N) is 2. The average molecular weight is 278 g/mol.